The van der Waals surface area contributed by atoms with Crippen LogP contribution in [0, 0.1) is 0 Å². The Morgan fingerprint density at radius 1 is 1.73 bits per heavy atom. The van der Waals surface area contributed by atoms with Crippen LogP contribution in [0.3, 0.4) is 0 Å². The minimum atomic E-state index is 0.175. The number of aliphatic hydroxyl groups excluding tert-OH is 1. The summed E-state index contributed by atoms with van der Waals surface area (Å²) >= 11 is 0. The Morgan fingerprint density at radius 3 is 2.64 bits per heavy atom. The van der Waals surface area contributed by atoms with Gasteiger partial charge < -0.3 is 10.8 Å². The minimum Gasteiger partial charge on any atom is -0.395 e. The van der Waals surface area contributed by atoms with Crippen LogP contribution >= 0.6 is 0 Å². The lowest BCUT2D eigenvalue weighted by atomic mass is 10.2. The van der Waals surface area contributed by atoms with Crippen molar-refractivity contribution >= 4 is 0 Å². The van der Waals surface area contributed by atoms with Gasteiger partial charge in [0.2, 0.25) is 0 Å². The second-order valence-corrected chi connectivity index (χ2v) is 2.90. The molecular formula is C8H18N2O. The van der Waals surface area contributed by atoms with E-state index in [2.05, 4.69) is 6.58 Å². The van der Waals surface area contributed by atoms with Gasteiger partial charge in [0, 0.05) is 19.1 Å². The van der Waals surface area contributed by atoms with Gasteiger partial charge in [0.05, 0.1) is 6.61 Å². The van der Waals surface area contributed by atoms with Crippen LogP contribution in [0.25, 0.3) is 0 Å². The Morgan fingerprint density at radius 2 is 2.27 bits per heavy atom. The molecule has 0 aliphatic rings. The molecule has 0 aromatic heterocycles. The van der Waals surface area contributed by atoms with Gasteiger partial charge in [-0.25, -0.2) is 0 Å². The molecule has 0 saturated heterocycles. The Balaban J connectivity index is 3.67. The zero-order chi connectivity index (χ0) is 8.85. The van der Waals surface area contributed by atoms with Crippen molar-refractivity contribution in [3.8, 4) is 0 Å². The molecule has 0 aromatic rings. The largest absolute Gasteiger partial charge is 0.395 e. The molecule has 0 aliphatic heterocycles. The zero-order valence-corrected chi connectivity index (χ0v) is 7.38. The number of nitrogens with zero attached hydrogens (tertiary/aromatic N) is 1. The van der Waals surface area contributed by atoms with E-state index >= 15 is 0 Å². The quantitative estimate of drug-likeness (QED) is 0.545. The Labute approximate surface area is 68.5 Å². The van der Waals surface area contributed by atoms with Crippen molar-refractivity contribution in [2.45, 2.75) is 13.0 Å². The molecule has 3 heteroatoms. The SMILES string of the molecule is C=C(CN)CN(C)C(C)CO. The molecule has 0 saturated carbocycles. The van der Waals surface area contributed by atoms with Crippen molar-refractivity contribution in [3.63, 3.8) is 0 Å². The average molecular weight is 158 g/mol. The third-order valence-electron chi connectivity index (χ3n) is 1.78. The molecule has 0 aromatic carbocycles. The van der Waals surface area contributed by atoms with E-state index in [1.165, 1.54) is 0 Å². The van der Waals surface area contributed by atoms with Crippen molar-refractivity contribution in [1.29, 1.82) is 0 Å². The minimum absolute atomic E-state index is 0.175. The molecule has 1 atom stereocenters. The predicted molar refractivity (Wildman–Crippen MR) is 47.4 cm³/mol. The standard InChI is InChI=1S/C8H18N2O/c1-7(4-9)5-10(3)8(2)6-11/h8,11H,1,4-6,9H2,2-3H3. The highest BCUT2D eigenvalue weighted by molar-refractivity contribution is 4.98. The number of rotatable bonds is 5. The lowest BCUT2D eigenvalue weighted by Crippen LogP contribution is -2.34. The van der Waals surface area contributed by atoms with Crippen LogP contribution in [0.5, 0.6) is 0 Å². The number of aliphatic hydroxyl groups is 1. The first kappa shape index (κ1) is 10.6. The van der Waals surface area contributed by atoms with Gasteiger partial charge in [0.15, 0.2) is 0 Å². The smallest absolute Gasteiger partial charge is 0.0584 e. The van der Waals surface area contributed by atoms with Gasteiger partial charge in [-0.1, -0.05) is 6.58 Å². The van der Waals surface area contributed by atoms with Crippen LogP contribution < -0.4 is 5.73 Å². The molecule has 11 heavy (non-hydrogen) atoms. The first-order valence-electron chi connectivity index (χ1n) is 3.79. The Bertz CT molecular complexity index is 125. The van der Waals surface area contributed by atoms with Gasteiger partial charge in [-0.3, -0.25) is 4.90 Å². The van der Waals surface area contributed by atoms with Crippen LogP contribution in [0.2, 0.25) is 0 Å². The molecule has 1 unspecified atom stereocenters. The fourth-order valence-electron chi connectivity index (χ4n) is 0.712. The molecule has 3 N–H and O–H groups in total. The molecule has 0 aliphatic carbocycles. The fourth-order valence-corrected chi connectivity index (χ4v) is 0.712. The van der Waals surface area contributed by atoms with E-state index in [0.29, 0.717) is 6.54 Å². The van der Waals surface area contributed by atoms with E-state index in [4.69, 9.17) is 10.8 Å². The van der Waals surface area contributed by atoms with Gasteiger partial charge in [0.25, 0.3) is 0 Å². The Kier molecular flexibility index (Phi) is 5.11. The summed E-state index contributed by atoms with van der Waals surface area (Å²) in [6.07, 6.45) is 0. The predicted octanol–water partition coefficient (Wildman–Crippen LogP) is -0.186. The van der Waals surface area contributed by atoms with Crippen molar-refractivity contribution in [1.82, 2.24) is 4.90 Å². The van der Waals surface area contributed by atoms with Crippen LogP contribution in [-0.2, 0) is 0 Å². The molecular weight excluding hydrogens is 140 g/mol. The van der Waals surface area contributed by atoms with Crippen LogP contribution in [-0.4, -0.2) is 42.8 Å². The monoisotopic (exact) mass is 158 g/mol. The summed E-state index contributed by atoms with van der Waals surface area (Å²) < 4.78 is 0. The van der Waals surface area contributed by atoms with E-state index in [1.807, 2.05) is 18.9 Å². The number of likely N-dealkylation sites (N-methyl/N-ethyl adjacent to an activating group) is 1. The summed E-state index contributed by atoms with van der Waals surface area (Å²) in [5.74, 6) is 0. The van der Waals surface area contributed by atoms with E-state index in [-0.39, 0.29) is 12.6 Å². The first-order chi connectivity index (χ1) is 5.11. The number of nitrogens with two attached hydrogens (primary N) is 1. The van der Waals surface area contributed by atoms with Crippen molar-refractivity contribution in [2.24, 2.45) is 5.73 Å². The fraction of sp³-hybridized carbons (Fsp3) is 0.750. The van der Waals surface area contributed by atoms with Crippen molar-refractivity contribution in [2.75, 3.05) is 26.7 Å². The molecule has 3 nitrogen and oxygen atoms in total. The maximum atomic E-state index is 8.79. The van der Waals surface area contributed by atoms with Gasteiger partial charge in [0.1, 0.15) is 0 Å². The molecule has 0 spiro atoms. The molecule has 0 fully saturated rings. The third-order valence-corrected chi connectivity index (χ3v) is 1.78. The topological polar surface area (TPSA) is 49.5 Å². The molecule has 0 radical (unpaired) electrons. The molecule has 0 amide bonds. The lowest BCUT2D eigenvalue weighted by molar-refractivity contribution is 0.167. The number of hydrogen-bond acceptors (Lipinski definition) is 3. The second-order valence-electron chi connectivity index (χ2n) is 2.90. The molecule has 66 valence electrons. The summed E-state index contributed by atoms with van der Waals surface area (Å²) in [4.78, 5) is 2.02. The van der Waals surface area contributed by atoms with Gasteiger partial charge in [-0.15, -0.1) is 0 Å². The maximum absolute atomic E-state index is 8.79. The molecule has 0 rings (SSSR count). The normalized spacial score (nSPS) is 13.5. The average Bonchev–Trinajstić information content (AvgIpc) is 2.02. The van der Waals surface area contributed by atoms with Gasteiger partial charge in [-0.2, -0.15) is 0 Å². The van der Waals surface area contributed by atoms with E-state index in [9.17, 15) is 0 Å². The third kappa shape index (κ3) is 4.14. The molecule has 0 heterocycles. The highest BCUT2D eigenvalue weighted by Crippen LogP contribution is 1.97. The van der Waals surface area contributed by atoms with Crippen molar-refractivity contribution < 1.29 is 5.11 Å². The summed E-state index contributed by atoms with van der Waals surface area (Å²) in [6, 6.07) is 0.179. The summed E-state index contributed by atoms with van der Waals surface area (Å²) in [5, 5.41) is 8.79. The molecule has 0 bridgehead atoms. The summed E-state index contributed by atoms with van der Waals surface area (Å²) in [5.41, 5.74) is 6.37. The van der Waals surface area contributed by atoms with E-state index in [1.54, 1.807) is 0 Å². The highest BCUT2D eigenvalue weighted by atomic mass is 16.3. The second kappa shape index (κ2) is 5.29. The van der Waals surface area contributed by atoms with Crippen molar-refractivity contribution in [3.05, 3.63) is 12.2 Å². The zero-order valence-electron chi connectivity index (χ0n) is 7.38. The van der Waals surface area contributed by atoms with Gasteiger partial charge in [-0.05, 0) is 19.5 Å². The summed E-state index contributed by atoms with van der Waals surface area (Å²) in [7, 11) is 1.95. The first-order valence-corrected chi connectivity index (χ1v) is 3.79. The van der Waals surface area contributed by atoms with E-state index < -0.39 is 0 Å². The Hall–Kier alpha value is -0.380. The number of hydrogen-bond donors (Lipinski definition) is 2. The lowest BCUT2D eigenvalue weighted by Gasteiger charge is -2.23. The maximum Gasteiger partial charge on any atom is 0.0584 e. The van der Waals surface area contributed by atoms with Gasteiger partial charge >= 0.3 is 0 Å². The van der Waals surface area contributed by atoms with E-state index in [0.717, 1.165) is 12.1 Å². The van der Waals surface area contributed by atoms with Crippen LogP contribution in [0.15, 0.2) is 12.2 Å². The van der Waals surface area contributed by atoms with Crippen LogP contribution in [0.1, 0.15) is 6.92 Å². The highest BCUT2D eigenvalue weighted by Gasteiger charge is 2.07. The summed E-state index contributed by atoms with van der Waals surface area (Å²) in [6.45, 7) is 7.20. The van der Waals surface area contributed by atoms with Crippen LogP contribution in [0.4, 0.5) is 0 Å².